The maximum absolute atomic E-state index is 13.4. The van der Waals surface area contributed by atoms with Crippen molar-refractivity contribution in [2.75, 3.05) is 6.61 Å². The largest absolute Gasteiger partial charge is 0.488 e. The topological polar surface area (TPSA) is 49.7 Å². The van der Waals surface area contributed by atoms with Crippen LogP contribution in [0, 0.1) is 5.82 Å². The fourth-order valence-electron chi connectivity index (χ4n) is 1.40. The molecule has 1 aromatic rings. The van der Waals surface area contributed by atoms with Gasteiger partial charge in [-0.15, -0.1) is 0 Å². The third kappa shape index (κ3) is 6.04. The van der Waals surface area contributed by atoms with Gasteiger partial charge in [0.1, 0.15) is 5.82 Å². The van der Waals surface area contributed by atoms with E-state index in [1.807, 2.05) is 0 Å². The Morgan fingerprint density at radius 2 is 1.89 bits per heavy atom. The molecule has 0 spiro atoms. The van der Waals surface area contributed by atoms with E-state index in [0.29, 0.717) is 0 Å². The summed E-state index contributed by atoms with van der Waals surface area (Å²) in [5.74, 6) is -0.693. The highest BCUT2D eigenvalue weighted by Gasteiger charge is 2.25. The minimum absolute atomic E-state index is 0.00155. The summed E-state index contributed by atoms with van der Waals surface area (Å²) >= 11 is 0. The monoisotopic (exact) mass is 280 g/mol. The van der Waals surface area contributed by atoms with Crippen LogP contribution in [-0.2, 0) is 11.3 Å². The Labute approximate surface area is 108 Å². The molecular weight excluding hydrogens is 267 g/mol. The average Bonchev–Trinajstić information content (AvgIpc) is 2.28. The number of halogens is 4. The maximum Gasteiger partial charge on any atom is 0.488 e. The summed E-state index contributed by atoms with van der Waals surface area (Å²) in [5, 5.41) is 17.6. The molecule has 0 bridgehead atoms. The van der Waals surface area contributed by atoms with Crippen molar-refractivity contribution in [3.8, 4) is 0 Å². The third-order valence-corrected chi connectivity index (χ3v) is 2.38. The molecule has 0 saturated carbocycles. The number of ether oxygens (including phenoxy) is 1. The van der Waals surface area contributed by atoms with E-state index in [9.17, 15) is 17.6 Å². The zero-order valence-corrected chi connectivity index (χ0v) is 9.95. The summed E-state index contributed by atoms with van der Waals surface area (Å²) < 4.78 is 53.8. The van der Waals surface area contributed by atoms with Gasteiger partial charge in [-0.1, -0.05) is 12.1 Å². The minimum Gasteiger partial charge on any atom is -0.423 e. The van der Waals surface area contributed by atoms with Gasteiger partial charge in [-0.25, -0.2) is 4.39 Å². The van der Waals surface area contributed by atoms with Gasteiger partial charge in [0, 0.05) is 18.6 Å². The SMILES string of the molecule is OB(O)c1ccc(COCCCC(F)(F)F)c(F)c1. The smallest absolute Gasteiger partial charge is 0.423 e. The molecule has 2 N–H and O–H groups in total. The molecule has 0 heterocycles. The van der Waals surface area contributed by atoms with Crippen LogP contribution in [0.25, 0.3) is 0 Å². The molecule has 0 aromatic heterocycles. The second-order valence-electron chi connectivity index (χ2n) is 4.00. The second kappa shape index (κ2) is 6.88. The lowest BCUT2D eigenvalue weighted by atomic mass is 9.80. The van der Waals surface area contributed by atoms with E-state index >= 15 is 0 Å². The van der Waals surface area contributed by atoms with Gasteiger partial charge in [0.05, 0.1) is 6.61 Å². The summed E-state index contributed by atoms with van der Waals surface area (Å²) in [5.41, 5.74) is 0.148. The molecule has 0 fully saturated rings. The quantitative estimate of drug-likeness (QED) is 0.470. The number of hydrogen-bond acceptors (Lipinski definition) is 3. The van der Waals surface area contributed by atoms with Crippen molar-refractivity contribution in [3.05, 3.63) is 29.6 Å². The molecule has 1 aromatic carbocycles. The molecular formula is C11H13BF4O3. The van der Waals surface area contributed by atoms with E-state index in [1.54, 1.807) is 0 Å². The number of hydrogen-bond donors (Lipinski definition) is 2. The van der Waals surface area contributed by atoms with Crippen molar-refractivity contribution < 1.29 is 32.3 Å². The van der Waals surface area contributed by atoms with E-state index < -0.39 is 25.5 Å². The molecule has 0 saturated heterocycles. The van der Waals surface area contributed by atoms with Crippen LogP contribution in [0.3, 0.4) is 0 Å². The van der Waals surface area contributed by atoms with Gasteiger partial charge in [-0.05, 0) is 17.9 Å². The Hall–Kier alpha value is -1.12. The minimum atomic E-state index is -4.21. The molecule has 19 heavy (non-hydrogen) atoms. The zero-order valence-electron chi connectivity index (χ0n) is 9.95. The van der Waals surface area contributed by atoms with E-state index in [4.69, 9.17) is 14.8 Å². The summed E-state index contributed by atoms with van der Waals surface area (Å²) in [6.45, 7) is -0.283. The molecule has 106 valence electrons. The normalized spacial score (nSPS) is 11.7. The standard InChI is InChI=1S/C11H13BF4O3/c13-10-6-9(12(17)18)3-2-8(10)7-19-5-1-4-11(14,15)16/h2-3,6,17-18H,1,4-5,7H2. The van der Waals surface area contributed by atoms with E-state index in [1.165, 1.54) is 12.1 Å². The van der Waals surface area contributed by atoms with Crippen LogP contribution in [0.1, 0.15) is 18.4 Å². The molecule has 0 atom stereocenters. The highest BCUT2D eigenvalue weighted by Crippen LogP contribution is 2.21. The van der Waals surface area contributed by atoms with Crippen molar-refractivity contribution in [3.63, 3.8) is 0 Å². The van der Waals surface area contributed by atoms with E-state index in [-0.39, 0.29) is 30.7 Å². The zero-order chi connectivity index (χ0) is 14.5. The van der Waals surface area contributed by atoms with Crippen LogP contribution < -0.4 is 5.46 Å². The lowest BCUT2D eigenvalue weighted by molar-refractivity contribution is -0.138. The first kappa shape index (κ1) is 15.9. The predicted molar refractivity (Wildman–Crippen MR) is 61.2 cm³/mol. The highest BCUT2D eigenvalue weighted by molar-refractivity contribution is 6.58. The Balaban J connectivity index is 2.38. The first-order valence-corrected chi connectivity index (χ1v) is 5.58. The molecule has 0 radical (unpaired) electrons. The Bertz CT molecular complexity index is 409. The van der Waals surface area contributed by atoms with Crippen molar-refractivity contribution >= 4 is 12.6 Å². The Morgan fingerprint density at radius 3 is 2.42 bits per heavy atom. The molecule has 8 heteroatoms. The van der Waals surface area contributed by atoms with Crippen molar-refractivity contribution in [1.82, 2.24) is 0 Å². The molecule has 0 unspecified atom stereocenters. The number of alkyl halides is 3. The maximum atomic E-state index is 13.4. The van der Waals surface area contributed by atoms with Crippen LogP contribution in [0.2, 0.25) is 0 Å². The predicted octanol–water partition coefficient (Wildman–Crippen LogP) is 1.36. The fraction of sp³-hybridized carbons (Fsp3) is 0.455. The summed E-state index contributed by atoms with van der Waals surface area (Å²) in [7, 11) is -1.77. The van der Waals surface area contributed by atoms with Gasteiger partial charge in [0.2, 0.25) is 0 Å². The lowest BCUT2D eigenvalue weighted by Gasteiger charge is -2.08. The van der Waals surface area contributed by atoms with E-state index in [0.717, 1.165) is 6.07 Å². The average molecular weight is 280 g/mol. The molecule has 0 aliphatic carbocycles. The molecule has 1 rings (SSSR count). The Kier molecular flexibility index (Phi) is 5.77. The van der Waals surface area contributed by atoms with Gasteiger partial charge in [0.15, 0.2) is 0 Å². The molecule has 3 nitrogen and oxygen atoms in total. The third-order valence-electron chi connectivity index (χ3n) is 2.38. The second-order valence-corrected chi connectivity index (χ2v) is 4.00. The van der Waals surface area contributed by atoms with Crippen LogP contribution in [-0.4, -0.2) is 29.9 Å². The number of rotatable bonds is 6. The molecule has 0 amide bonds. The summed E-state index contributed by atoms with van der Waals surface area (Å²) in [4.78, 5) is 0. The van der Waals surface area contributed by atoms with Crippen LogP contribution in [0.5, 0.6) is 0 Å². The van der Waals surface area contributed by atoms with Gasteiger partial charge in [-0.2, -0.15) is 13.2 Å². The first-order valence-electron chi connectivity index (χ1n) is 5.58. The summed E-state index contributed by atoms with van der Waals surface area (Å²) in [6.07, 6.45) is -5.34. The van der Waals surface area contributed by atoms with Crippen molar-refractivity contribution in [2.24, 2.45) is 0 Å². The number of benzene rings is 1. The molecule has 0 aliphatic heterocycles. The van der Waals surface area contributed by atoms with Crippen molar-refractivity contribution in [1.29, 1.82) is 0 Å². The lowest BCUT2D eigenvalue weighted by Crippen LogP contribution is -2.30. The van der Waals surface area contributed by atoms with Crippen molar-refractivity contribution in [2.45, 2.75) is 25.6 Å². The van der Waals surface area contributed by atoms with Crippen LogP contribution in [0.15, 0.2) is 18.2 Å². The van der Waals surface area contributed by atoms with Gasteiger partial charge in [-0.3, -0.25) is 0 Å². The van der Waals surface area contributed by atoms with Gasteiger partial charge < -0.3 is 14.8 Å². The summed E-state index contributed by atoms with van der Waals surface area (Å²) in [6, 6.07) is 3.55. The highest BCUT2D eigenvalue weighted by atomic mass is 19.4. The van der Waals surface area contributed by atoms with Gasteiger partial charge in [0.25, 0.3) is 0 Å². The van der Waals surface area contributed by atoms with Crippen LogP contribution in [0.4, 0.5) is 17.6 Å². The Morgan fingerprint density at radius 1 is 1.21 bits per heavy atom. The first-order chi connectivity index (χ1) is 8.79. The fourth-order valence-corrected chi connectivity index (χ4v) is 1.40. The van der Waals surface area contributed by atoms with Crippen LogP contribution >= 0.6 is 0 Å². The van der Waals surface area contributed by atoms with E-state index in [2.05, 4.69) is 0 Å². The van der Waals surface area contributed by atoms with Gasteiger partial charge >= 0.3 is 13.3 Å². The molecule has 0 aliphatic rings.